The zero-order valence-electron chi connectivity index (χ0n) is 11.2. The van der Waals surface area contributed by atoms with E-state index in [2.05, 4.69) is 0 Å². The molecule has 0 heterocycles. The van der Waals surface area contributed by atoms with Crippen LogP contribution in [0.4, 0.5) is 0 Å². The van der Waals surface area contributed by atoms with Crippen molar-refractivity contribution in [1.29, 1.82) is 0 Å². The molecular formula is C14H18O5. The van der Waals surface area contributed by atoms with Gasteiger partial charge in [-0.25, -0.2) is 4.79 Å². The SMILES string of the molecule is COc1ccc(OC)c(C(=O)OOC2CCCC2)c1. The molecule has 1 aromatic rings. The molecule has 5 heteroatoms. The molecule has 0 bridgehead atoms. The van der Waals surface area contributed by atoms with E-state index in [1.807, 2.05) is 0 Å². The Morgan fingerprint density at radius 1 is 1.16 bits per heavy atom. The minimum Gasteiger partial charge on any atom is -0.497 e. The highest BCUT2D eigenvalue weighted by molar-refractivity contribution is 5.92. The first-order valence-electron chi connectivity index (χ1n) is 6.34. The molecule has 1 aromatic carbocycles. The van der Waals surface area contributed by atoms with Gasteiger partial charge in [-0.1, -0.05) is 12.8 Å². The van der Waals surface area contributed by atoms with Crippen molar-refractivity contribution in [1.82, 2.24) is 0 Å². The molecule has 0 radical (unpaired) electrons. The quantitative estimate of drug-likeness (QED) is 0.606. The van der Waals surface area contributed by atoms with E-state index in [9.17, 15) is 4.79 Å². The minimum absolute atomic E-state index is 0.0144. The molecular weight excluding hydrogens is 248 g/mol. The third-order valence-electron chi connectivity index (χ3n) is 3.19. The number of hydrogen-bond acceptors (Lipinski definition) is 5. The van der Waals surface area contributed by atoms with Gasteiger partial charge in [0, 0.05) is 0 Å². The molecule has 1 aliphatic rings. The smallest absolute Gasteiger partial charge is 0.376 e. The molecule has 1 saturated carbocycles. The summed E-state index contributed by atoms with van der Waals surface area (Å²) in [6.45, 7) is 0. The van der Waals surface area contributed by atoms with E-state index in [1.54, 1.807) is 18.2 Å². The lowest BCUT2D eigenvalue weighted by molar-refractivity contribution is -0.272. The second kappa shape index (κ2) is 6.43. The summed E-state index contributed by atoms with van der Waals surface area (Å²) in [5.41, 5.74) is 0.292. The zero-order valence-corrected chi connectivity index (χ0v) is 11.2. The van der Waals surface area contributed by atoms with Gasteiger partial charge in [-0.2, -0.15) is 4.89 Å². The Morgan fingerprint density at radius 2 is 1.89 bits per heavy atom. The van der Waals surface area contributed by atoms with E-state index >= 15 is 0 Å². The molecule has 1 fully saturated rings. The number of methoxy groups -OCH3 is 2. The van der Waals surface area contributed by atoms with Crippen LogP contribution in [0.2, 0.25) is 0 Å². The van der Waals surface area contributed by atoms with Crippen LogP contribution in [0.15, 0.2) is 18.2 Å². The van der Waals surface area contributed by atoms with E-state index in [0.717, 1.165) is 25.7 Å². The maximum Gasteiger partial charge on any atom is 0.376 e. The predicted octanol–water partition coefficient (Wildman–Crippen LogP) is 2.73. The number of carbonyl (C=O) groups is 1. The number of carbonyl (C=O) groups excluding carboxylic acids is 1. The van der Waals surface area contributed by atoms with Crippen LogP contribution in [0.3, 0.4) is 0 Å². The van der Waals surface area contributed by atoms with Crippen LogP contribution < -0.4 is 9.47 Å². The van der Waals surface area contributed by atoms with Crippen molar-refractivity contribution < 1.29 is 24.0 Å². The van der Waals surface area contributed by atoms with Crippen LogP contribution in [-0.4, -0.2) is 26.3 Å². The Labute approximate surface area is 112 Å². The molecule has 5 nitrogen and oxygen atoms in total. The van der Waals surface area contributed by atoms with E-state index in [0.29, 0.717) is 17.1 Å². The Hall–Kier alpha value is -1.75. The van der Waals surface area contributed by atoms with Crippen molar-refractivity contribution in [2.45, 2.75) is 31.8 Å². The molecule has 104 valence electrons. The van der Waals surface area contributed by atoms with Crippen LogP contribution >= 0.6 is 0 Å². The summed E-state index contributed by atoms with van der Waals surface area (Å²) < 4.78 is 10.2. The average molecular weight is 266 g/mol. The predicted molar refractivity (Wildman–Crippen MR) is 68.3 cm³/mol. The third-order valence-corrected chi connectivity index (χ3v) is 3.19. The summed E-state index contributed by atoms with van der Waals surface area (Å²) in [6.07, 6.45) is 4.11. The maximum absolute atomic E-state index is 12.0. The van der Waals surface area contributed by atoms with Gasteiger partial charge in [-0.05, 0) is 31.0 Å². The molecule has 19 heavy (non-hydrogen) atoms. The zero-order chi connectivity index (χ0) is 13.7. The first kappa shape index (κ1) is 13.7. The van der Waals surface area contributed by atoms with Gasteiger partial charge in [-0.3, -0.25) is 4.89 Å². The summed E-state index contributed by atoms with van der Waals surface area (Å²) >= 11 is 0. The third kappa shape index (κ3) is 3.38. The van der Waals surface area contributed by atoms with E-state index in [1.165, 1.54) is 14.2 Å². The number of benzene rings is 1. The summed E-state index contributed by atoms with van der Waals surface area (Å²) in [5.74, 6) is 0.428. The molecule has 0 aromatic heterocycles. The highest BCUT2D eigenvalue weighted by Gasteiger charge is 2.21. The normalized spacial score (nSPS) is 15.3. The lowest BCUT2D eigenvalue weighted by Gasteiger charge is -2.11. The highest BCUT2D eigenvalue weighted by atomic mass is 17.2. The second-order valence-electron chi connectivity index (χ2n) is 4.44. The van der Waals surface area contributed by atoms with Gasteiger partial charge >= 0.3 is 5.97 Å². The second-order valence-corrected chi connectivity index (χ2v) is 4.44. The van der Waals surface area contributed by atoms with Crippen LogP contribution in [0.1, 0.15) is 36.0 Å². The van der Waals surface area contributed by atoms with Crippen molar-refractivity contribution in [2.75, 3.05) is 14.2 Å². The number of rotatable bonds is 5. The van der Waals surface area contributed by atoms with E-state index < -0.39 is 5.97 Å². The number of hydrogen-bond donors (Lipinski definition) is 0. The highest BCUT2D eigenvalue weighted by Crippen LogP contribution is 2.26. The molecule has 0 N–H and O–H groups in total. The van der Waals surface area contributed by atoms with Gasteiger partial charge in [0.05, 0.1) is 14.2 Å². The fraction of sp³-hybridized carbons (Fsp3) is 0.500. The molecule has 0 aliphatic heterocycles. The Morgan fingerprint density at radius 3 is 2.53 bits per heavy atom. The van der Waals surface area contributed by atoms with Gasteiger partial charge < -0.3 is 9.47 Å². The average Bonchev–Trinajstić information content (AvgIpc) is 2.97. The van der Waals surface area contributed by atoms with E-state index in [4.69, 9.17) is 19.2 Å². The van der Waals surface area contributed by atoms with Crippen LogP contribution in [0.25, 0.3) is 0 Å². The molecule has 0 spiro atoms. The van der Waals surface area contributed by atoms with Gasteiger partial charge in [-0.15, -0.1) is 0 Å². The summed E-state index contributed by atoms with van der Waals surface area (Å²) in [6, 6.07) is 4.94. The Balaban J connectivity index is 2.03. The van der Waals surface area contributed by atoms with Gasteiger partial charge in [0.15, 0.2) is 0 Å². The minimum atomic E-state index is -0.567. The molecule has 1 aliphatic carbocycles. The lowest BCUT2D eigenvalue weighted by Crippen LogP contribution is -2.14. The molecule has 0 saturated heterocycles. The van der Waals surface area contributed by atoms with Crippen LogP contribution in [0.5, 0.6) is 11.5 Å². The summed E-state index contributed by atoms with van der Waals surface area (Å²) in [7, 11) is 3.03. The fourth-order valence-electron chi connectivity index (χ4n) is 2.11. The fourth-order valence-corrected chi connectivity index (χ4v) is 2.11. The monoisotopic (exact) mass is 266 g/mol. The van der Waals surface area contributed by atoms with Crippen molar-refractivity contribution >= 4 is 5.97 Å². The standard InChI is InChI=1S/C14H18O5/c1-16-11-7-8-13(17-2)12(9-11)14(15)19-18-10-5-3-4-6-10/h7-10H,3-6H2,1-2H3. The topological polar surface area (TPSA) is 54.0 Å². The van der Waals surface area contributed by atoms with E-state index in [-0.39, 0.29) is 6.10 Å². The molecule has 0 amide bonds. The van der Waals surface area contributed by atoms with Crippen molar-refractivity contribution in [3.8, 4) is 11.5 Å². The van der Waals surface area contributed by atoms with Gasteiger partial charge in [0.2, 0.25) is 0 Å². The van der Waals surface area contributed by atoms with Crippen LogP contribution in [-0.2, 0) is 9.78 Å². The molecule has 0 unspecified atom stereocenters. The molecule has 2 rings (SSSR count). The Bertz CT molecular complexity index is 437. The van der Waals surface area contributed by atoms with Crippen LogP contribution in [0, 0.1) is 0 Å². The summed E-state index contributed by atoms with van der Waals surface area (Å²) in [5, 5.41) is 0. The molecule has 0 atom stereocenters. The van der Waals surface area contributed by atoms with Crippen molar-refractivity contribution in [3.63, 3.8) is 0 Å². The maximum atomic E-state index is 12.0. The summed E-state index contributed by atoms with van der Waals surface area (Å²) in [4.78, 5) is 22.0. The Kier molecular flexibility index (Phi) is 4.63. The van der Waals surface area contributed by atoms with Gasteiger partial charge in [0.1, 0.15) is 23.2 Å². The van der Waals surface area contributed by atoms with Gasteiger partial charge in [0.25, 0.3) is 0 Å². The first-order valence-corrected chi connectivity index (χ1v) is 6.34. The largest absolute Gasteiger partial charge is 0.497 e. The van der Waals surface area contributed by atoms with Crippen molar-refractivity contribution in [3.05, 3.63) is 23.8 Å². The first-order chi connectivity index (χ1) is 9.24. The van der Waals surface area contributed by atoms with Crippen molar-refractivity contribution in [2.24, 2.45) is 0 Å². The number of ether oxygens (including phenoxy) is 2. The lowest BCUT2D eigenvalue weighted by atomic mass is 10.2.